The summed E-state index contributed by atoms with van der Waals surface area (Å²) < 4.78 is 2.39. The normalized spacial score (nSPS) is 11.0. The molecule has 0 saturated heterocycles. The van der Waals surface area contributed by atoms with Crippen molar-refractivity contribution in [2.45, 2.75) is 6.92 Å². The van der Waals surface area contributed by atoms with E-state index in [1.165, 1.54) is 54.8 Å². The summed E-state index contributed by atoms with van der Waals surface area (Å²) in [5, 5.41) is 5.10. The van der Waals surface area contributed by atoms with Gasteiger partial charge < -0.3 is 14.4 Å². The molecule has 9 aromatic rings. The van der Waals surface area contributed by atoms with Gasteiger partial charge in [-0.1, -0.05) is 84.2 Å². The molecular weight excluding hydrogens is 727 g/mol. The van der Waals surface area contributed by atoms with E-state index in [9.17, 15) is 0 Å². The van der Waals surface area contributed by atoms with Crippen molar-refractivity contribution in [2.24, 2.45) is 0 Å². The van der Waals surface area contributed by atoms with Crippen molar-refractivity contribution in [1.29, 1.82) is 0 Å². The summed E-state index contributed by atoms with van der Waals surface area (Å²) in [7, 11) is 0. The number of hydrogen-bond donors (Lipinski definition) is 0. The molecule has 45 heavy (non-hydrogen) atoms. The standard InChI is InChI=1S/C29H17N2.C12H10N.Ir/c1-2-7-19(8-3-1)20-12-14-27-24(17-20)22-9-6-10-23-25-18-21(26-11-4-5-16-30-26)13-15-28(25)31(27)29(22)23;1-10-7-8-12(13-9-10)11-5-3-2-4-6-11;/h1-12,14-18H;2-5,7-9H,1H3;/q2*-1;. The van der Waals surface area contributed by atoms with Gasteiger partial charge in [0, 0.05) is 48.8 Å². The van der Waals surface area contributed by atoms with E-state index in [0.29, 0.717) is 0 Å². The van der Waals surface area contributed by atoms with Crippen molar-refractivity contribution < 1.29 is 20.1 Å². The quantitative estimate of drug-likeness (QED) is 0.168. The molecule has 3 nitrogen and oxygen atoms in total. The first-order valence-corrected chi connectivity index (χ1v) is 14.7. The largest absolute Gasteiger partial charge is 0.350 e. The molecule has 0 unspecified atom stereocenters. The van der Waals surface area contributed by atoms with Gasteiger partial charge in [0.15, 0.2) is 0 Å². The van der Waals surface area contributed by atoms with Crippen molar-refractivity contribution in [3.63, 3.8) is 0 Å². The molecule has 0 bridgehead atoms. The molecule has 4 heteroatoms. The Balaban J connectivity index is 0.000000196. The fourth-order valence-electron chi connectivity index (χ4n) is 6.08. The molecule has 0 fully saturated rings. The van der Waals surface area contributed by atoms with Crippen molar-refractivity contribution in [2.75, 3.05) is 0 Å². The summed E-state index contributed by atoms with van der Waals surface area (Å²) in [6.45, 7) is 2.03. The molecule has 0 saturated carbocycles. The molecule has 5 aromatic carbocycles. The van der Waals surface area contributed by atoms with Crippen LogP contribution in [-0.2, 0) is 20.1 Å². The first kappa shape index (κ1) is 28.6. The van der Waals surface area contributed by atoms with E-state index in [1.807, 2.05) is 67.8 Å². The molecule has 0 spiro atoms. The van der Waals surface area contributed by atoms with Crippen LogP contribution in [0.3, 0.4) is 0 Å². The molecule has 4 aromatic heterocycles. The van der Waals surface area contributed by atoms with E-state index >= 15 is 0 Å². The Bertz CT molecular complexity index is 2240. The molecule has 1 radical (unpaired) electrons. The Morgan fingerprint density at radius 2 is 1.33 bits per heavy atom. The number of benzene rings is 5. The first-order chi connectivity index (χ1) is 21.7. The van der Waals surface area contributed by atoms with E-state index in [2.05, 4.69) is 111 Å². The summed E-state index contributed by atoms with van der Waals surface area (Å²) in [6.07, 6.45) is 3.70. The van der Waals surface area contributed by atoms with Gasteiger partial charge in [-0.25, -0.2) is 0 Å². The zero-order valence-electron chi connectivity index (χ0n) is 24.5. The van der Waals surface area contributed by atoms with Crippen LogP contribution in [0.2, 0.25) is 0 Å². The number of hydrogen-bond acceptors (Lipinski definition) is 2. The molecule has 0 aliphatic heterocycles. The van der Waals surface area contributed by atoms with Gasteiger partial charge >= 0.3 is 0 Å². The van der Waals surface area contributed by atoms with Crippen molar-refractivity contribution in [3.8, 4) is 33.6 Å². The third-order valence-corrected chi connectivity index (χ3v) is 8.19. The minimum Gasteiger partial charge on any atom is -0.350 e. The molecular formula is C41H27IrN3-2. The number of aromatic nitrogens is 3. The van der Waals surface area contributed by atoms with Crippen molar-refractivity contribution in [3.05, 3.63) is 164 Å². The fourth-order valence-corrected chi connectivity index (χ4v) is 6.08. The Morgan fingerprint density at radius 3 is 2.07 bits per heavy atom. The maximum absolute atomic E-state index is 4.51. The van der Waals surface area contributed by atoms with Gasteiger partial charge in [0.25, 0.3) is 0 Å². The van der Waals surface area contributed by atoms with E-state index in [-0.39, 0.29) is 20.1 Å². The predicted octanol–water partition coefficient (Wildman–Crippen LogP) is 10.2. The van der Waals surface area contributed by atoms with E-state index in [1.54, 1.807) is 0 Å². The Kier molecular flexibility index (Phi) is 7.69. The zero-order valence-corrected chi connectivity index (χ0v) is 26.9. The summed E-state index contributed by atoms with van der Waals surface area (Å²) in [5.74, 6) is 0. The van der Waals surface area contributed by atoms with Crippen LogP contribution in [0.4, 0.5) is 0 Å². The third-order valence-electron chi connectivity index (χ3n) is 8.19. The molecule has 0 aliphatic rings. The minimum atomic E-state index is 0. The van der Waals surface area contributed by atoms with Gasteiger partial charge in [0.05, 0.1) is 5.52 Å². The van der Waals surface area contributed by atoms with E-state index in [0.717, 1.165) is 22.5 Å². The molecule has 9 rings (SSSR count). The third kappa shape index (κ3) is 5.19. The number of para-hydroxylation sites is 1. The summed E-state index contributed by atoms with van der Waals surface area (Å²) >= 11 is 0. The fraction of sp³-hybridized carbons (Fsp3) is 0.0244. The second-order valence-electron chi connectivity index (χ2n) is 11.0. The molecule has 4 heterocycles. The van der Waals surface area contributed by atoms with Gasteiger partial charge in [-0.05, 0) is 64.1 Å². The van der Waals surface area contributed by atoms with Crippen LogP contribution in [0, 0.1) is 19.1 Å². The van der Waals surface area contributed by atoms with Crippen LogP contribution in [-0.4, -0.2) is 14.4 Å². The van der Waals surface area contributed by atoms with Gasteiger partial charge in [-0.15, -0.1) is 59.7 Å². The number of nitrogens with zero attached hydrogens (tertiary/aromatic N) is 3. The zero-order chi connectivity index (χ0) is 29.5. The number of fused-ring (bicyclic) bond motifs is 6. The van der Waals surface area contributed by atoms with Crippen molar-refractivity contribution in [1.82, 2.24) is 14.4 Å². The summed E-state index contributed by atoms with van der Waals surface area (Å²) in [6, 6.07) is 52.9. The smallest absolute Gasteiger partial charge is 0.0516 e. The SMILES string of the molecule is Cc1ccc(-c2[c-]cccc2)nc1.[Ir].[c-]1cc2c(cc1-c1ccccn1)c1cccc3c4cc(-c5ccccc5)ccc4n2c13. The van der Waals surface area contributed by atoms with Gasteiger partial charge in [-0.3, -0.25) is 0 Å². The van der Waals surface area contributed by atoms with Crippen LogP contribution < -0.4 is 0 Å². The van der Waals surface area contributed by atoms with Gasteiger partial charge in [0.1, 0.15) is 0 Å². The van der Waals surface area contributed by atoms with Gasteiger partial charge in [-0.2, -0.15) is 0 Å². The Morgan fingerprint density at radius 1 is 0.556 bits per heavy atom. The number of aryl methyl sites for hydroxylation is 1. The number of rotatable bonds is 3. The van der Waals surface area contributed by atoms with Crippen LogP contribution in [0.1, 0.15) is 5.56 Å². The maximum Gasteiger partial charge on any atom is 0.0516 e. The summed E-state index contributed by atoms with van der Waals surface area (Å²) in [5.41, 5.74) is 11.4. The molecule has 217 valence electrons. The number of pyridine rings is 2. The Labute approximate surface area is 275 Å². The molecule has 0 aliphatic carbocycles. The molecule has 0 amide bonds. The predicted molar refractivity (Wildman–Crippen MR) is 182 cm³/mol. The minimum absolute atomic E-state index is 0. The first-order valence-electron chi connectivity index (χ1n) is 14.7. The summed E-state index contributed by atoms with van der Waals surface area (Å²) in [4.78, 5) is 8.83. The topological polar surface area (TPSA) is 30.2 Å². The van der Waals surface area contributed by atoms with Crippen LogP contribution in [0.15, 0.2) is 146 Å². The van der Waals surface area contributed by atoms with E-state index < -0.39 is 0 Å². The van der Waals surface area contributed by atoms with Crippen LogP contribution in [0.5, 0.6) is 0 Å². The molecule has 0 N–H and O–H groups in total. The van der Waals surface area contributed by atoms with Gasteiger partial charge in [0.2, 0.25) is 0 Å². The molecule has 0 atom stereocenters. The maximum atomic E-state index is 4.51. The average Bonchev–Trinajstić information content (AvgIpc) is 3.61. The Hall–Kier alpha value is -5.15. The monoisotopic (exact) mass is 754 g/mol. The second-order valence-corrected chi connectivity index (χ2v) is 11.0. The van der Waals surface area contributed by atoms with E-state index in [4.69, 9.17) is 0 Å². The average molecular weight is 754 g/mol. The van der Waals surface area contributed by atoms with Crippen LogP contribution >= 0.6 is 0 Å². The second kappa shape index (κ2) is 12.1. The van der Waals surface area contributed by atoms with Crippen molar-refractivity contribution >= 4 is 38.1 Å². The van der Waals surface area contributed by atoms with Crippen LogP contribution in [0.25, 0.3) is 71.7 Å².